The van der Waals surface area contributed by atoms with Gasteiger partial charge >= 0.3 is 0 Å². The van der Waals surface area contributed by atoms with Gasteiger partial charge < -0.3 is 11.5 Å². The molecule has 0 saturated carbocycles. The van der Waals surface area contributed by atoms with Crippen molar-refractivity contribution in [1.82, 2.24) is 0 Å². The summed E-state index contributed by atoms with van der Waals surface area (Å²) in [5.74, 6) is 1.12. The minimum absolute atomic E-state index is 0.233. The number of nitrogens with two attached hydrogens (primary N) is 2. The monoisotopic (exact) mass is 325 g/mol. The first-order valence-corrected chi connectivity index (χ1v) is 10.3. The van der Waals surface area contributed by atoms with Gasteiger partial charge in [-0.15, -0.1) is 0 Å². The second-order valence-corrected chi connectivity index (χ2v) is 7.07. The highest BCUT2D eigenvalue weighted by Gasteiger charge is 2.08. The maximum atomic E-state index is 5.40. The zero-order valence-corrected chi connectivity index (χ0v) is 16.0. The summed E-state index contributed by atoms with van der Waals surface area (Å²) in [4.78, 5) is 4.12. The average molecular weight is 326 g/mol. The molecule has 0 aliphatic rings. The SMILES string of the molecule is CCCCCCCC[C@H](CCCCCCC)CCCN=C(N)N. The van der Waals surface area contributed by atoms with E-state index in [0.717, 1.165) is 18.9 Å². The summed E-state index contributed by atoms with van der Waals surface area (Å²) in [7, 11) is 0. The van der Waals surface area contributed by atoms with Crippen LogP contribution in [-0.4, -0.2) is 12.5 Å². The van der Waals surface area contributed by atoms with Crippen LogP contribution in [-0.2, 0) is 0 Å². The van der Waals surface area contributed by atoms with Gasteiger partial charge in [-0.2, -0.15) is 0 Å². The molecule has 1 atom stereocenters. The van der Waals surface area contributed by atoms with Gasteiger partial charge in [0, 0.05) is 6.54 Å². The van der Waals surface area contributed by atoms with Crippen molar-refractivity contribution in [2.24, 2.45) is 22.4 Å². The lowest BCUT2D eigenvalue weighted by Crippen LogP contribution is -2.23. The largest absolute Gasteiger partial charge is 0.370 e. The average Bonchev–Trinajstić information content (AvgIpc) is 2.53. The molecular weight excluding hydrogens is 282 g/mol. The van der Waals surface area contributed by atoms with Crippen molar-refractivity contribution in [3.05, 3.63) is 0 Å². The maximum absolute atomic E-state index is 5.40. The van der Waals surface area contributed by atoms with Crippen LogP contribution in [0.1, 0.15) is 110 Å². The molecule has 0 spiro atoms. The molecule has 0 fully saturated rings. The molecular formula is C20H43N3. The smallest absolute Gasteiger partial charge is 0.185 e. The van der Waals surface area contributed by atoms with Gasteiger partial charge in [0.1, 0.15) is 0 Å². The lowest BCUT2D eigenvalue weighted by atomic mass is 9.90. The van der Waals surface area contributed by atoms with E-state index in [9.17, 15) is 0 Å². The molecule has 0 amide bonds. The topological polar surface area (TPSA) is 64.4 Å². The van der Waals surface area contributed by atoms with Gasteiger partial charge in [0.25, 0.3) is 0 Å². The zero-order valence-electron chi connectivity index (χ0n) is 16.0. The van der Waals surface area contributed by atoms with Gasteiger partial charge in [0.15, 0.2) is 5.96 Å². The van der Waals surface area contributed by atoms with Crippen LogP contribution in [0, 0.1) is 5.92 Å². The first-order chi connectivity index (χ1) is 11.2. The van der Waals surface area contributed by atoms with E-state index in [0.29, 0.717) is 0 Å². The van der Waals surface area contributed by atoms with E-state index < -0.39 is 0 Å². The van der Waals surface area contributed by atoms with Gasteiger partial charge in [-0.3, -0.25) is 4.99 Å². The van der Waals surface area contributed by atoms with Crippen molar-refractivity contribution in [3.8, 4) is 0 Å². The van der Waals surface area contributed by atoms with Gasteiger partial charge in [0.2, 0.25) is 0 Å². The molecule has 0 aliphatic heterocycles. The van der Waals surface area contributed by atoms with E-state index >= 15 is 0 Å². The molecule has 0 saturated heterocycles. The first kappa shape index (κ1) is 22.3. The Morgan fingerprint density at radius 2 is 1.09 bits per heavy atom. The van der Waals surface area contributed by atoms with Gasteiger partial charge in [0.05, 0.1) is 0 Å². The van der Waals surface area contributed by atoms with Crippen LogP contribution in [0.3, 0.4) is 0 Å². The molecule has 0 rings (SSSR count). The lowest BCUT2D eigenvalue weighted by Gasteiger charge is -2.16. The third-order valence-corrected chi connectivity index (χ3v) is 4.75. The predicted octanol–water partition coefficient (Wildman–Crippen LogP) is 5.77. The lowest BCUT2D eigenvalue weighted by molar-refractivity contribution is 0.374. The second kappa shape index (κ2) is 17.6. The van der Waals surface area contributed by atoms with E-state index in [1.165, 1.54) is 89.9 Å². The Kier molecular flexibility index (Phi) is 17.1. The molecule has 0 aromatic carbocycles. The molecule has 0 radical (unpaired) electrons. The van der Waals surface area contributed by atoms with Crippen LogP contribution in [0.15, 0.2) is 4.99 Å². The van der Waals surface area contributed by atoms with Crippen molar-refractivity contribution < 1.29 is 0 Å². The van der Waals surface area contributed by atoms with Gasteiger partial charge in [-0.25, -0.2) is 0 Å². The molecule has 0 unspecified atom stereocenters. The number of rotatable bonds is 17. The van der Waals surface area contributed by atoms with Crippen molar-refractivity contribution in [1.29, 1.82) is 0 Å². The maximum Gasteiger partial charge on any atom is 0.185 e. The normalized spacial score (nSPS) is 12.3. The molecule has 0 heterocycles. The van der Waals surface area contributed by atoms with E-state index in [-0.39, 0.29) is 5.96 Å². The molecule has 0 bridgehead atoms. The highest BCUT2D eigenvalue weighted by atomic mass is 15.0. The highest BCUT2D eigenvalue weighted by Crippen LogP contribution is 2.23. The Balaban J connectivity index is 3.83. The standard InChI is InChI=1S/C20H43N3/c1-3-5-7-9-11-13-16-19(15-12-10-8-6-4-2)17-14-18-23-20(21)22/h19H,3-18H2,1-2H3,(H4,21,22,23)/t19-/m0/s1. The van der Waals surface area contributed by atoms with Crippen LogP contribution >= 0.6 is 0 Å². The summed E-state index contributed by atoms with van der Waals surface area (Å²) in [6.07, 6.45) is 20.6. The Labute approximate surface area is 145 Å². The Bertz CT molecular complexity index is 260. The predicted molar refractivity (Wildman–Crippen MR) is 105 cm³/mol. The third-order valence-electron chi connectivity index (χ3n) is 4.75. The quantitative estimate of drug-likeness (QED) is 0.203. The van der Waals surface area contributed by atoms with Crippen LogP contribution in [0.25, 0.3) is 0 Å². The van der Waals surface area contributed by atoms with Crippen LogP contribution < -0.4 is 11.5 Å². The first-order valence-electron chi connectivity index (χ1n) is 10.3. The van der Waals surface area contributed by atoms with Crippen LogP contribution in [0.5, 0.6) is 0 Å². The minimum atomic E-state index is 0.233. The fourth-order valence-electron chi connectivity index (χ4n) is 3.27. The molecule has 3 heteroatoms. The summed E-state index contributed by atoms with van der Waals surface area (Å²) in [5.41, 5.74) is 10.8. The zero-order chi connectivity index (χ0) is 17.2. The van der Waals surface area contributed by atoms with Crippen LogP contribution in [0.4, 0.5) is 0 Å². The molecule has 4 N–H and O–H groups in total. The van der Waals surface area contributed by atoms with Gasteiger partial charge in [-0.05, 0) is 18.8 Å². The Morgan fingerprint density at radius 1 is 0.652 bits per heavy atom. The minimum Gasteiger partial charge on any atom is -0.370 e. The highest BCUT2D eigenvalue weighted by molar-refractivity contribution is 5.75. The molecule has 0 aliphatic carbocycles. The van der Waals surface area contributed by atoms with Crippen LogP contribution in [0.2, 0.25) is 0 Å². The molecule has 3 nitrogen and oxygen atoms in total. The van der Waals surface area contributed by atoms with E-state index in [1.54, 1.807) is 0 Å². The molecule has 23 heavy (non-hydrogen) atoms. The number of guanidine groups is 1. The Hall–Kier alpha value is -0.730. The van der Waals surface area contributed by atoms with Gasteiger partial charge in [-0.1, -0.05) is 97.3 Å². The summed E-state index contributed by atoms with van der Waals surface area (Å²) in [6, 6.07) is 0. The van der Waals surface area contributed by atoms with E-state index in [2.05, 4.69) is 18.8 Å². The van der Waals surface area contributed by atoms with Crippen molar-refractivity contribution in [2.75, 3.05) is 6.54 Å². The fraction of sp³-hybridized carbons (Fsp3) is 0.950. The fourth-order valence-corrected chi connectivity index (χ4v) is 3.27. The summed E-state index contributed by atoms with van der Waals surface area (Å²) in [5, 5.41) is 0. The number of hydrogen-bond donors (Lipinski definition) is 2. The number of hydrogen-bond acceptors (Lipinski definition) is 1. The van der Waals surface area contributed by atoms with E-state index in [4.69, 9.17) is 11.5 Å². The van der Waals surface area contributed by atoms with E-state index in [1.807, 2.05) is 0 Å². The second-order valence-electron chi connectivity index (χ2n) is 7.07. The van der Waals surface area contributed by atoms with Crippen molar-refractivity contribution in [2.45, 2.75) is 110 Å². The third kappa shape index (κ3) is 17.5. The summed E-state index contributed by atoms with van der Waals surface area (Å²) in [6.45, 7) is 5.36. The Morgan fingerprint density at radius 3 is 1.57 bits per heavy atom. The van der Waals surface area contributed by atoms with Crippen molar-refractivity contribution in [3.63, 3.8) is 0 Å². The molecule has 0 aromatic heterocycles. The number of nitrogens with zero attached hydrogens (tertiary/aromatic N) is 1. The number of unbranched alkanes of at least 4 members (excludes halogenated alkanes) is 9. The number of aliphatic imine (C=N–C) groups is 1. The molecule has 138 valence electrons. The summed E-state index contributed by atoms with van der Waals surface area (Å²) >= 11 is 0. The molecule has 0 aromatic rings. The van der Waals surface area contributed by atoms with Crippen molar-refractivity contribution >= 4 is 5.96 Å². The summed E-state index contributed by atoms with van der Waals surface area (Å²) < 4.78 is 0.